The van der Waals surface area contributed by atoms with Gasteiger partial charge < -0.3 is 9.84 Å². The van der Waals surface area contributed by atoms with E-state index < -0.39 is 5.97 Å². The molecule has 0 radical (unpaired) electrons. The van der Waals surface area contributed by atoms with Crippen LogP contribution in [-0.2, 0) is 6.42 Å². The van der Waals surface area contributed by atoms with Gasteiger partial charge in [-0.3, -0.25) is 0 Å². The lowest BCUT2D eigenvalue weighted by Crippen LogP contribution is -2.08. The van der Waals surface area contributed by atoms with Crippen LogP contribution in [0.25, 0.3) is 11.3 Å². The predicted molar refractivity (Wildman–Crippen MR) is 68.2 cm³/mol. The number of aromatic carboxylic acids is 1. The number of nitrogens with zero attached hydrogens (tertiary/aromatic N) is 2. The average molecular weight is 256 g/mol. The fourth-order valence-electron chi connectivity index (χ4n) is 2.14. The zero-order valence-corrected chi connectivity index (χ0v) is 10.2. The topological polar surface area (TPSA) is 72.3 Å². The van der Waals surface area contributed by atoms with Crippen LogP contribution in [0.5, 0.6) is 5.75 Å². The molecule has 0 spiro atoms. The largest absolute Gasteiger partial charge is 0.493 e. The monoisotopic (exact) mass is 256 g/mol. The Morgan fingerprint density at radius 3 is 3.05 bits per heavy atom. The number of rotatable bonds is 2. The highest BCUT2D eigenvalue weighted by Crippen LogP contribution is 2.29. The van der Waals surface area contributed by atoms with Gasteiger partial charge in [-0.25, -0.2) is 14.8 Å². The van der Waals surface area contributed by atoms with Gasteiger partial charge in [-0.1, -0.05) is 0 Å². The molecule has 0 unspecified atom stereocenters. The van der Waals surface area contributed by atoms with Gasteiger partial charge in [0.1, 0.15) is 5.75 Å². The maximum absolute atomic E-state index is 10.9. The van der Waals surface area contributed by atoms with E-state index in [2.05, 4.69) is 9.97 Å². The number of aromatic nitrogens is 2. The van der Waals surface area contributed by atoms with Crippen molar-refractivity contribution in [3.8, 4) is 17.0 Å². The van der Waals surface area contributed by atoms with E-state index in [0.717, 1.165) is 36.3 Å². The second-order valence-corrected chi connectivity index (χ2v) is 4.35. The number of hydrogen-bond donors (Lipinski definition) is 1. The summed E-state index contributed by atoms with van der Waals surface area (Å²) in [7, 11) is 0. The number of carbonyl (C=O) groups is 1. The van der Waals surface area contributed by atoms with E-state index in [0.29, 0.717) is 5.69 Å². The van der Waals surface area contributed by atoms with Crippen LogP contribution >= 0.6 is 0 Å². The molecule has 0 saturated heterocycles. The summed E-state index contributed by atoms with van der Waals surface area (Å²) < 4.78 is 5.55. The highest BCUT2D eigenvalue weighted by Gasteiger charge is 2.13. The first-order valence-corrected chi connectivity index (χ1v) is 6.06. The zero-order chi connectivity index (χ0) is 13.2. The van der Waals surface area contributed by atoms with E-state index in [9.17, 15) is 4.79 Å². The first kappa shape index (κ1) is 11.6. The fraction of sp³-hybridized carbons (Fsp3) is 0.214. The van der Waals surface area contributed by atoms with Crippen LogP contribution < -0.4 is 4.74 Å². The molecule has 0 saturated carbocycles. The summed E-state index contributed by atoms with van der Waals surface area (Å²) in [4.78, 5) is 18.6. The molecular formula is C14H12N2O3. The van der Waals surface area contributed by atoms with Crippen molar-refractivity contribution < 1.29 is 14.6 Å². The Balaban J connectivity index is 2.02. The lowest BCUT2D eigenvalue weighted by atomic mass is 10.0. The van der Waals surface area contributed by atoms with E-state index in [1.165, 1.54) is 6.20 Å². The number of ether oxygens (including phenoxy) is 1. The van der Waals surface area contributed by atoms with Gasteiger partial charge >= 0.3 is 5.97 Å². The summed E-state index contributed by atoms with van der Waals surface area (Å²) in [5.41, 5.74) is 2.63. The van der Waals surface area contributed by atoms with Crippen LogP contribution in [0, 0.1) is 0 Å². The number of aryl methyl sites for hydroxylation is 1. The van der Waals surface area contributed by atoms with Gasteiger partial charge in [0, 0.05) is 11.8 Å². The number of fused-ring (bicyclic) bond motifs is 1. The fourth-order valence-corrected chi connectivity index (χ4v) is 2.14. The van der Waals surface area contributed by atoms with Gasteiger partial charge in [-0.05, 0) is 42.7 Å². The van der Waals surface area contributed by atoms with Crippen molar-refractivity contribution >= 4 is 5.97 Å². The van der Waals surface area contributed by atoms with Gasteiger partial charge in [-0.15, -0.1) is 0 Å². The van der Waals surface area contributed by atoms with Crippen LogP contribution in [0.15, 0.2) is 30.5 Å². The van der Waals surface area contributed by atoms with Crippen LogP contribution in [0.1, 0.15) is 22.6 Å². The smallest absolute Gasteiger partial charge is 0.373 e. The van der Waals surface area contributed by atoms with E-state index in [4.69, 9.17) is 9.84 Å². The average Bonchev–Trinajstić information content (AvgIpc) is 2.47. The molecule has 3 rings (SSSR count). The SMILES string of the molecule is O=C(O)c1nccc(-c2ccc3c(c2)CCCO3)n1. The van der Waals surface area contributed by atoms with Crippen molar-refractivity contribution in [2.75, 3.05) is 6.61 Å². The normalized spacial score (nSPS) is 13.5. The van der Waals surface area contributed by atoms with E-state index in [1.54, 1.807) is 6.07 Å². The van der Waals surface area contributed by atoms with Crippen molar-refractivity contribution in [2.24, 2.45) is 0 Å². The van der Waals surface area contributed by atoms with Crippen LogP contribution in [0.4, 0.5) is 0 Å². The second-order valence-electron chi connectivity index (χ2n) is 4.35. The van der Waals surface area contributed by atoms with E-state index in [-0.39, 0.29) is 5.82 Å². The molecule has 0 fully saturated rings. The molecular weight excluding hydrogens is 244 g/mol. The molecule has 1 N–H and O–H groups in total. The molecule has 0 bridgehead atoms. The van der Waals surface area contributed by atoms with E-state index in [1.807, 2.05) is 18.2 Å². The molecule has 2 aromatic rings. The van der Waals surface area contributed by atoms with Crippen molar-refractivity contribution in [2.45, 2.75) is 12.8 Å². The first-order valence-electron chi connectivity index (χ1n) is 6.06. The van der Waals surface area contributed by atoms with Crippen LogP contribution in [0.3, 0.4) is 0 Å². The Labute approximate surface area is 109 Å². The minimum Gasteiger partial charge on any atom is -0.493 e. The first-order chi connectivity index (χ1) is 9.24. The predicted octanol–water partition coefficient (Wildman–Crippen LogP) is 2.17. The maximum atomic E-state index is 10.9. The van der Waals surface area contributed by atoms with Gasteiger partial charge in [0.2, 0.25) is 5.82 Å². The van der Waals surface area contributed by atoms with Crippen molar-refractivity contribution in [1.82, 2.24) is 9.97 Å². The molecule has 96 valence electrons. The Hall–Kier alpha value is -2.43. The van der Waals surface area contributed by atoms with Crippen molar-refractivity contribution in [1.29, 1.82) is 0 Å². The third-order valence-corrected chi connectivity index (χ3v) is 3.05. The zero-order valence-electron chi connectivity index (χ0n) is 10.2. The molecule has 5 heteroatoms. The molecule has 1 aromatic carbocycles. The van der Waals surface area contributed by atoms with Crippen LogP contribution in [-0.4, -0.2) is 27.7 Å². The molecule has 1 aromatic heterocycles. The molecule has 0 amide bonds. The van der Waals surface area contributed by atoms with Crippen molar-refractivity contribution in [3.05, 3.63) is 41.9 Å². The molecule has 2 heterocycles. The lowest BCUT2D eigenvalue weighted by molar-refractivity contribution is 0.0683. The molecule has 0 atom stereocenters. The Morgan fingerprint density at radius 1 is 1.32 bits per heavy atom. The lowest BCUT2D eigenvalue weighted by Gasteiger charge is -2.17. The minimum atomic E-state index is -1.12. The molecule has 19 heavy (non-hydrogen) atoms. The van der Waals surface area contributed by atoms with Gasteiger partial charge in [0.25, 0.3) is 0 Å². The van der Waals surface area contributed by atoms with Gasteiger partial charge in [-0.2, -0.15) is 0 Å². The minimum absolute atomic E-state index is 0.188. The Morgan fingerprint density at radius 2 is 2.21 bits per heavy atom. The number of carboxylic acids is 1. The van der Waals surface area contributed by atoms with E-state index >= 15 is 0 Å². The molecule has 5 nitrogen and oxygen atoms in total. The summed E-state index contributed by atoms with van der Waals surface area (Å²) in [6, 6.07) is 7.50. The number of hydrogen-bond acceptors (Lipinski definition) is 4. The Bertz CT molecular complexity index is 640. The summed E-state index contributed by atoms with van der Waals surface area (Å²) >= 11 is 0. The highest BCUT2D eigenvalue weighted by molar-refractivity contribution is 5.83. The molecule has 0 aliphatic carbocycles. The summed E-state index contributed by atoms with van der Waals surface area (Å²) in [5.74, 6) is -0.405. The van der Waals surface area contributed by atoms with Crippen molar-refractivity contribution in [3.63, 3.8) is 0 Å². The third kappa shape index (κ3) is 2.27. The van der Waals surface area contributed by atoms with Crippen LogP contribution in [0.2, 0.25) is 0 Å². The quantitative estimate of drug-likeness (QED) is 0.891. The molecule has 1 aliphatic rings. The summed E-state index contributed by atoms with van der Waals surface area (Å²) in [6.07, 6.45) is 3.43. The number of benzene rings is 1. The van der Waals surface area contributed by atoms with Gasteiger partial charge in [0.05, 0.1) is 12.3 Å². The van der Waals surface area contributed by atoms with Gasteiger partial charge in [0.15, 0.2) is 0 Å². The standard InChI is InChI=1S/C14H12N2O3/c17-14(18)13-15-6-5-11(16-13)9-3-4-12-10(8-9)2-1-7-19-12/h3-6,8H,1-2,7H2,(H,17,18). The summed E-state index contributed by atoms with van der Waals surface area (Å²) in [5, 5.41) is 8.90. The summed E-state index contributed by atoms with van der Waals surface area (Å²) in [6.45, 7) is 0.753. The second kappa shape index (κ2) is 4.68. The molecule has 1 aliphatic heterocycles. The maximum Gasteiger partial charge on any atom is 0.373 e. The Kier molecular flexibility index (Phi) is 2.87. The number of carboxylic acid groups (broad SMARTS) is 1. The highest BCUT2D eigenvalue weighted by atomic mass is 16.5. The third-order valence-electron chi connectivity index (χ3n) is 3.05.